The number of nitrogens with zero attached hydrogens (tertiary/aromatic N) is 3. The Morgan fingerprint density at radius 2 is 1.50 bits per heavy atom. The molecule has 0 amide bonds. The average Bonchev–Trinajstić information content (AvgIpc) is 3.06. The highest BCUT2D eigenvalue weighted by Gasteiger charge is 2.31. The van der Waals surface area contributed by atoms with Gasteiger partial charge in [0.1, 0.15) is 12.6 Å². The van der Waals surface area contributed by atoms with Crippen molar-refractivity contribution in [3.05, 3.63) is 80.8 Å². The summed E-state index contributed by atoms with van der Waals surface area (Å²) in [6.07, 6.45) is 1.88. The van der Waals surface area contributed by atoms with Gasteiger partial charge in [-0.2, -0.15) is 0 Å². The van der Waals surface area contributed by atoms with Crippen LogP contribution in [0, 0.1) is 0 Å². The Morgan fingerprint density at radius 3 is 2.03 bits per heavy atom. The van der Waals surface area contributed by atoms with Crippen LogP contribution in [0.4, 0.5) is 0 Å². The SMILES string of the molecule is COc1cc([C@H]2C=C(O[Si](C)(C)C)Cn3c(=O)n(-c4ccccc4)c(=O)n32)cc(OC)c1OC. The van der Waals surface area contributed by atoms with E-state index in [0.29, 0.717) is 34.3 Å². The third kappa shape index (κ3) is 4.16. The largest absolute Gasteiger partial charge is 0.546 e. The summed E-state index contributed by atoms with van der Waals surface area (Å²) in [5.41, 5.74) is 0.312. The van der Waals surface area contributed by atoms with Gasteiger partial charge in [0.25, 0.3) is 0 Å². The van der Waals surface area contributed by atoms with Gasteiger partial charge < -0.3 is 18.6 Å². The fourth-order valence-electron chi connectivity index (χ4n) is 4.12. The maximum atomic E-state index is 13.6. The van der Waals surface area contributed by atoms with Gasteiger partial charge in [-0.15, -0.1) is 0 Å². The van der Waals surface area contributed by atoms with Gasteiger partial charge >= 0.3 is 11.4 Å². The molecule has 1 aliphatic rings. The van der Waals surface area contributed by atoms with Gasteiger partial charge in [-0.1, -0.05) is 18.2 Å². The Labute approximate surface area is 198 Å². The van der Waals surface area contributed by atoms with Crippen molar-refractivity contribution in [1.29, 1.82) is 0 Å². The van der Waals surface area contributed by atoms with Crippen LogP contribution in [0.5, 0.6) is 17.2 Å². The van der Waals surface area contributed by atoms with Crippen LogP contribution in [0.2, 0.25) is 19.6 Å². The van der Waals surface area contributed by atoms with E-state index in [-0.39, 0.29) is 6.54 Å². The average molecular weight is 484 g/mol. The first kappa shape index (κ1) is 23.5. The molecule has 2 heterocycles. The van der Waals surface area contributed by atoms with E-state index in [9.17, 15) is 9.59 Å². The van der Waals surface area contributed by atoms with E-state index in [1.807, 2.05) is 12.1 Å². The molecule has 0 bridgehead atoms. The number of allylic oxidation sites excluding steroid dienone is 2. The molecule has 0 fully saturated rings. The lowest BCUT2D eigenvalue weighted by atomic mass is 10.0. The highest BCUT2D eigenvalue weighted by Crippen LogP contribution is 2.41. The van der Waals surface area contributed by atoms with Crippen LogP contribution in [0.1, 0.15) is 11.6 Å². The first-order chi connectivity index (χ1) is 16.2. The van der Waals surface area contributed by atoms with Gasteiger partial charge in [0, 0.05) is 0 Å². The Bertz CT molecular complexity index is 1320. The lowest BCUT2D eigenvalue weighted by Gasteiger charge is -2.29. The Kier molecular flexibility index (Phi) is 6.18. The summed E-state index contributed by atoms with van der Waals surface area (Å²) in [4.78, 5) is 27.0. The van der Waals surface area contributed by atoms with E-state index in [2.05, 4.69) is 19.6 Å². The monoisotopic (exact) mass is 483 g/mol. The Balaban J connectivity index is 1.97. The van der Waals surface area contributed by atoms with Crippen LogP contribution >= 0.6 is 0 Å². The zero-order valence-electron chi connectivity index (χ0n) is 20.2. The number of para-hydroxylation sites is 1. The van der Waals surface area contributed by atoms with Crippen molar-refractivity contribution in [2.24, 2.45) is 0 Å². The van der Waals surface area contributed by atoms with Gasteiger partial charge in [-0.3, -0.25) is 0 Å². The lowest BCUT2D eigenvalue weighted by Crippen LogP contribution is -2.37. The standard InChI is InChI=1S/C24H29N3O6Si/c1-30-20-12-16(13-21(31-2)22(20)32-3)19-14-18(33-34(4,5)6)15-25-23(28)26(24(29)27(19)25)17-10-8-7-9-11-17/h7-14,19H,15H2,1-6H3/t19-/m1/s1. The molecule has 1 aromatic heterocycles. The summed E-state index contributed by atoms with van der Waals surface area (Å²) in [7, 11) is 2.61. The molecule has 0 spiro atoms. The maximum Gasteiger partial charge on any atom is 0.352 e. The van der Waals surface area contributed by atoms with Gasteiger partial charge in [-0.25, -0.2) is 23.5 Å². The van der Waals surface area contributed by atoms with Gasteiger partial charge in [0.2, 0.25) is 14.1 Å². The maximum absolute atomic E-state index is 13.6. The molecular formula is C24H29N3O6Si. The van der Waals surface area contributed by atoms with E-state index in [0.717, 1.165) is 0 Å². The number of methoxy groups -OCH3 is 3. The third-order valence-electron chi connectivity index (χ3n) is 5.45. The zero-order valence-corrected chi connectivity index (χ0v) is 21.2. The normalized spacial score (nSPS) is 15.4. The highest BCUT2D eigenvalue weighted by molar-refractivity contribution is 6.70. The lowest BCUT2D eigenvalue weighted by molar-refractivity contribution is 0.311. The fraction of sp³-hybridized carbons (Fsp3) is 0.333. The quantitative estimate of drug-likeness (QED) is 0.480. The van der Waals surface area contributed by atoms with Gasteiger partial charge in [0.05, 0.1) is 32.8 Å². The number of ether oxygens (including phenoxy) is 3. The summed E-state index contributed by atoms with van der Waals surface area (Å²) in [5, 5.41) is 0. The molecule has 3 aromatic rings. The molecule has 0 saturated heterocycles. The van der Waals surface area contributed by atoms with Crippen LogP contribution in [0.3, 0.4) is 0 Å². The van der Waals surface area contributed by atoms with Crippen LogP contribution in [0.25, 0.3) is 5.69 Å². The van der Waals surface area contributed by atoms with Crippen molar-refractivity contribution < 1.29 is 18.6 Å². The molecule has 9 nitrogen and oxygen atoms in total. The summed E-state index contributed by atoms with van der Waals surface area (Å²) in [5.74, 6) is 1.99. The van der Waals surface area contributed by atoms with Crippen LogP contribution < -0.4 is 25.6 Å². The summed E-state index contributed by atoms with van der Waals surface area (Å²) < 4.78 is 26.8. The molecule has 2 aromatic carbocycles. The van der Waals surface area contributed by atoms with Gasteiger partial charge in [-0.05, 0) is 55.5 Å². The predicted molar refractivity (Wildman–Crippen MR) is 131 cm³/mol. The van der Waals surface area contributed by atoms with Crippen molar-refractivity contribution in [3.8, 4) is 22.9 Å². The molecule has 0 saturated carbocycles. The van der Waals surface area contributed by atoms with Crippen LogP contribution in [0.15, 0.2) is 63.9 Å². The molecule has 0 unspecified atom stereocenters. The van der Waals surface area contributed by atoms with Crippen molar-refractivity contribution in [1.82, 2.24) is 13.9 Å². The molecule has 10 heteroatoms. The van der Waals surface area contributed by atoms with E-state index in [1.165, 1.54) is 35.3 Å². The molecular weight excluding hydrogens is 454 g/mol. The van der Waals surface area contributed by atoms with Crippen molar-refractivity contribution >= 4 is 8.32 Å². The number of rotatable bonds is 7. The van der Waals surface area contributed by atoms with Crippen LogP contribution in [-0.4, -0.2) is 43.6 Å². The minimum Gasteiger partial charge on any atom is -0.546 e. The molecule has 0 radical (unpaired) electrons. The second kappa shape index (κ2) is 8.94. The molecule has 34 heavy (non-hydrogen) atoms. The van der Waals surface area contributed by atoms with Crippen molar-refractivity contribution in [2.75, 3.05) is 21.3 Å². The van der Waals surface area contributed by atoms with Gasteiger partial charge in [0.15, 0.2) is 11.5 Å². The number of fused-ring (bicyclic) bond motifs is 1. The predicted octanol–water partition coefficient (Wildman–Crippen LogP) is 3.16. The first-order valence-electron chi connectivity index (χ1n) is 10.9. The second-order valence-corrected chi connectivity index (χ2v) is 13.3. The number of hydrogen-bond donors (Lipinski definition) is 0. The number of benzene rings is 2. The Morgan fingerprint density at radius 1 is 0.882 bits per heavy atom. The molecule has 0 aliphatic carbocycles. The summed E-state index contributed by atoms with van der Waals surface area (Å²) in [6, 6.07) is 11.8. The summed E-state index contributed by atoms with van der Waals surface area (Å²) in [6.45, 7) is 6.38. The minimum atomic E-state index is -1.98. The number of aromatic nitrogens is 3. The third-order valence-corrected chi connectivity index (χ3v) is 6.33. The van der Waals surface area contributed by atoms with E-state index in [1.54, 1.807) is 36.4 Å². The fourth-order valence-corrected chi connectivity index (χ4v) is 5.04. The molecule has 4 rings (SSSR count). The number of hydrogen-bond acceptors (Lipinski definition) is 6. The van der Waals surface area contributed by atoms with E-state index < -0.39 is 25.7 Å². The molecule has 1 aliphatic heterocycles. The minimum absolute atomic E-state index is 0.166. The Hall–Kier alpha value is -3.66. The second-order valence-electron chi connectivity index (χ2n) is 8.89. The molecule has 180 valence electrons. The summed E-state index contributed by atoms with van der Waals surface area (Å²) >= 11 is 0. The first-order valence-corrected chi connectivity index (χ1v) is 14.3. The van der Waals surface area contributed by atoms with E-state index >= 15 is 0 Å². The van der Waals surface area contributed by atoms with Crippen molar-refractivity contribution in [3.63, 3.8) is 0 Å². The topological polar surface area (TPSA) is 85.9 Å². The molecule has 1 atom stereocenters. The van der Waals surface area contributed by atoms with Crippen molar-refractivity contribution in [2.45, 2.75) is 32.2 Å². The zero-order chi connectivity index (χ0) is 24.6. The smallest absolute Gasteiger partial charge is 0.352 e. The molecule has 0 N–H and O–H groups in total. The highest BCUT2D eigenvalue weighted by atomic mass is 28.4. The van der Waals surface area contributed by atoms with Crippen LogP contribution in [-0.2, 0) is 11.0 Å². The van der Waals surface area contributed by atoms with E-state index in [4.69, 9.17) is 18.6 Å².